The minimum Gasteiger partial charge on any atom is -0.478 e. The molecule has 2 aromatic rings. The molecule has 1 aromatic carbocycles. The van der Waals surface area contributed by atoms with E-state index in [4.69, 9.17) is 5.11 Å². The maximum absolute atomic E-state index is 11.0. The molecule has 0 radical (unpaired) electrons. The summed E-state index contributed by atoms with van der Waals surface area (Å²) in [6, 6.07) is 10.8. The van der Waals surface area contributed by atoms with Crippen molar-refractivity contribution in [1.29, 1.82) is 0 Å². The fraction of sp³-hybridized carbons (Fsp3) is 0.0769. The second-order valence-corrected chi connectivity index (χ2v) is 5.49. The fourth-order valence-electron chi connectivity index (χ4n) is 1.41. The van der Waals surface area contributed by atoms with E-state index in [1.54, 1.807) is 18.3 Å². The van der Waals surface area contributed by atoms with Gasteiger partial charge >= 0.3 is 5.97 Å². The first kappa shape index (κ1) is 13.1. The van der Waals surface area contributed by atoms with E-state index in [2.05, 4.69) is 20.9 Å². The van der Waals surface area contributed by atoms with E-state index in [9.17, 15) is 4.79 Å². The Kier molecular flexibility index (Phi) is 4.38. The molecule has 0 unspecified atom stereocenters. The number of hydrogen-bond acceptors (Lipinski definition) is 3. The minimum absolute atomic E-state index is 0.333. The van der Waals surface area contributed by atoms with E-state index in [0.717, 1.165) is 15.1 Å². The molecule has 0 fully saturated rings. The van der Waals surface area contributed by atoms with E-state index >= 15 is 0 Å². The minimum atomic E-state index is -0.901. The largest absolute Gasteiger partial charge is 0.478 e. The number of carboxylic acids is 1. The lowest BCUT2D eigenvalue weighted by atomic mass is 10.2. The van der Waals surface area contributed by atoms with Gasteiger partial charge in [-0.25, -0.2) is 4.79 Å². The van der Waals surface area contributed by atoms with Gasteiger partial charge in [0.05, 0.1) is 11.3 Å². The summed E-state index contributed by atoms with van der Waals surface area (Å²) in [4.78, 5) is 16.1. The number of carboxylic acid groups (broad SMARTS) is 1. The Labute approximate surface area is 117 Å². The molecule has 0 amide bonds. The molecule has 0 aliphatic heterocycles. The Morgan fingerprint density at radius 1 is 1.28 bits per heavy atom. The predicted molar refractivity (Wildman–Crippen MR) is 74.9 cm³/mol. The van der Waals surface area contributed by atoms with Gasteiger partial charge in [0.25, 0.3) is 0 Å². The summed E-state index contributed by atoms with van der Waals surface area (Å²) in [6.45, 7) is 0. The number of benzene rings is 1. The number of aromatic nitrogens is 1. The zero-order valence-corrected chi connectivity index (χ0v) is 11.7. The summed E-state index contributed by atoms with van der Waals surface area (Å²) < 4.78 is 0.933. The molecule has 1 aromatic heterocycles. The van der Waals surface area contributed by atoms with E-state index in [0.29, 0.717) is 11.3 Å². The first-order valence-electron chi connectivity index (χ1n) is 5.22. The lowest BCUT2D eigenvalue weighted by molar-refractivity contribution is 0.0693. The molecule has 0 atom stereocenters. The summed E-state index contributed by atoms with van der Waals surface area (Å²) in [5.74, 6) is -0.251. The number of halogens is 1. The highest BCUT2D eigenvalue weighted by Crippen LogP contribution is 2.25. The molecule has 0 saturated carbocycles. The summed E-state index contributed by atoms with van der Waals surface area (Å²) in [7, 11) is 0. The smallest absolute Gasteiger partial charge is 0.336 e. The van der Waals surface area contributed by atoms with Crippen molar-refractivity contribution in [2.45, 2.75) is 10.6 Å². The van der Waals surface area contributed by atoms with Crippen molar-refractivity contribution >= 4 is 33.7 Å². The van der Waals surface area contributed by atoms with Gasteiger partial charge in [0.1, 0.15) is 0 Å². The Morgan fingerprint density at radius 2 is 2.06 bits per heavy atom. The quantitative estimate of drug-likeness (QED) is 0.868. The highest BCUT2D eigenvalue weighted by molar-refractivity contribution is 9.10. The zero-order valence-electron chi connectivity index (χ0n) is 9.34. The second kappa shape index (κ2) is 6.02. The van der Waals surface area contributed by atoms with Crippen LogP contribution in [0.5, 0.6) is 0 Å². The number of thioether (sulfide) groups is 1. The number of rotatable bonds is 4. The van der Waals surface area contributed by atoms with Crippen molar-refractivity contribution in [1.82, 2.24) is 4.98 Å². The Morgan fingerprint density at radius 3 is 2.72 bits per heavy atom. The van der Waals surface area contributed by atoms with Crippen LogP contribution in [0.25, 0.3) is 0 Å². The van der Waals surface area contributed by atoms with E-state index < -0.39 is 5.97 Å². The van der Waals surface area contributed by atoms with Gasteiger partial charge in [-0.15, -0.1) is 11.8 Å². The number of hydrogen-bond donors (Lipinski definition) is 1. The van der Waals surface area contributed by atoms with Gasteiger partial charge in [-0.3, -0.25) is 4.98 Å². The van der Waals surface area contributed by atoms with Gasteiger partial charge in [-0.05, 0) is 40.2 Å². The molecule has 92 valence electrons. The van der Waals surface area contributed by atoms with Crippen LogP contribution in [0.1, 0.15) is 16.1 Å². The van der Waals surface area contributed by atoms with Crippen LogP contribution in [0.4, 0.5) is 0 Å². The third kappa shape index (κ3) is 3.34. The van der Waals surface area contributed by atoms with Crippen molar-refractivity contribution in [2.24, 2.45) is 0 Å². The Hall–Kier alpha value is -1.33. The van der Waals surface area contributed by atoms with Crippen molar-refractivity contribution in [3.05, 3.63) is 58.3 Å². The molecule has 1 heterocycles. The van der Waals surface area contributed by atoms with Crippen LogP contribution < -0.4 is 0 Å². The average molecular weight is 324 g/mol. The molecule has 0 aliphatic carbocycles. The summed E-state index contributed by atoms with van der Waals surface area (Å²) in [6.07, 6.45) is 1.74. The Balaban J connectivity index is 2.10. The molecule has 2 rings (SSSR count). The highest BCUT2D eigenvalue weighted by atomic mass is 79.9. The monoisotopic (exact) mass is 323 g/mol. The number of aromatic carboxylic acids is 1. The molecular weight excluding hydrogens is 314 g/mol. The zero-order chi connectivity index (χ0) is 13.0. The lowest BCUT2D eigenvalue weighted by Crippen LogP contribution is -1.98. The van der Waals surface area contributed by atoms with Crippen LogP contribution in [0, 0.1) is 0 Å². The van der Waals surface area contributed by atoms with Crippen molar-refractivity contribution < 1.29 is 9.90 Å². The van der Waals surface area contributed by atoms with Crippen LogP contribution in [0.3, 0.4) is 0 Å². The first-order chi connectivity index (χ1) is 8.66. The molecule has 3 nitrogen and oxygen atoms in total. The standard InChI is InChI=1S/C13H10BrNO2S/c14-9-5-6-10(15-7-9)8-18-12-4-2-1-3-11(12)13(16)17/h1-7H,8H2,(H,16,17). The van der Waals surface area contributed by atoms with Gasteiger partial charge in [0.15, 0.2) is 0 Å². The van der Waals surface area contributed by atoms with Gasteiger partial charge in [-0.2, -0.15) is 0 Å². The molecule has 5 heteroatoms. The summed E-state index contributed by atoms with van der Waals surface area (Å²) in [5.41, 5.74) is 1.25. The number of pyridine rings is 1. The average Bonchev–Trinajstić information content (AvgIpc) is 2.38. The summed E-state index contributed by atoms with van der Waals surface area (Å²) in [5, 5.41) is 9.06. The van der Waals surface area contributed by atoms with Gasteiger partial charge in [0, 0.05) is 21.3 Å². The maximum atomic E-state index is 11.0. The number of nitrogens with zero attached hydrogens (tertiary/aromatic N) is 1. The lowest BCUT2D eigenvalue weighted by Gasteiger charge is -2.05. The van der Waals surface area contributed by atoms with Crippen LogP contribution in [0.2, 0.25) is 0 Å². The van der Waals surface area contributed by atoms with E-state index in [1.165, 1.54) is 11.8 Å². The fourth-order valence-corrected chi connectivity index (χ4v) is 2.61. The van der Waals surface area contributed by atoms with Gasteiger partial charge in [0.2, 0.25) is 0 Å². The van der Waals surface area contributed by atoms with Gasteiger partial charge < -0.3 is 5.11 Å². The molecule has 0 aliphatic rings. The SMILES string of the molecule is O=C(O)c1ccccc1SCc1ccc(Br)cn1. The van der Waals surface area contributed by atoms with Crippen LogP contribution in [0.15, 0.2) is 52.0 Å². The van der Waals surface area contributed by atoms with Crippen LogP contribution in [-0.2, 0) is 5.75 Å². The van der Waals surface area contributed by atoms with E-state index in [-0.39, 0.29) is 0 Å². The number of carbonyl (C=O) groups is 1. The van der Waals surface area contributed by atoms with Crippen molar-refractivity contribution in [3.63, 3.8) is 0 Å². The van der Waals surface area contributed by atoms with E-state index in [1.807, 2.05) is 24.3 Å². The molecule has 0 bridgehead atoms. The molecule has 0 saturated heterocycles. The normalized spacial score (nSPS) is 10.3. The van der Waals surface area contributed by atoms with Crippen molar-refractivity contribution in [2.75, 3.05) is 0 Å². The maximum Gasteiger partial charge on any atom is 0.336 e. The third-order valence-corrected chi connectivity index (χ3v) is 3.86. The van der Waals surface area contributed by atoms with Gasteiger partial charge in [-0.1, -0.05) is 12.1 Å². The van der Waals surface area contributed by atoms with Crippen LogP contribution >= 0.6 is 27.7 Å². The first-order valence-corrected chi connectivity index (χ1v) is 7.00. The van der Waals surface area contributed by atoms with Crippen LogP contribution in [-0.4, -0.2) is 16.1 Å². The Bertz CT molecular complexity index is 557. The van der Waals surface area contributed by atoms with Crippen molar-refractivity contribution in [3.8, 4) is 0 Å². The third-order valence-electron chi connectivity index (χ3n) is 2.28. The molecule has 1 N–H and O–H groups in total. The topological polar surface area (TPSA) is 50.2 Å². The second-order valence-electron chi connectivity index (χ2n) is 3.56. The summed E-state index contributed by atoms with van der Waals surface area (Å²) >= 11 is 4.80. The molecular formula is C13H10BrNO2S. The molecule has 0 spiro atoms. The highest BCUT2D eigenvalue weighted by Gasteiger charge is 2.09. The molecule has 18 heavy (non-hydrogen) atoms. The predicted octanol–water partition coefficient (Wildman–Crippen LogP) is 3.83.